The minimum absolute atomic E-state index is 0.00809. The Kier molecular flexibility index (Phi) is 6.06. The third-order valence-electron chi connectivity index (χ3n) is 4.28. The molecule has 1 aliphatic rings. The Balaban J connectivity index is 1.89. The van der Waals surface area contributed by atoms with Crippen LogP contribution in [-0.2, 0) is 4.79 Å². The van der Waals surface area contributed by atoms with E-state index in [1.807, 2.05) is 45.0 Å². The fourth-order valence-electron chi connectivity index (χ4n) is 2.94. The number of rotatable bonds is 5. The highest BCUT2D eigenvalue weighted by Crippen LogP contribution is 2.21. The third-order valence-corrected chi connectivity index (χ3v) is 4.28. The van der Waals surface area contributed by atoms with E-state index in [4.69, 9.17) is 10.5 Å². The van der Waals surface area contributed by atoms with Crippen LogP contribution in [0.4, 0.5) is 4.79 Å². The maximum Gasteiger partial charge on any atom is 0.312 e. The number of carbonyl (C=O) groups excluding carboxylic acids is 2. The first-order valence-corrected chi connectivity index (χ1v) is 8.45. The molecule has 1 fully saturated rings. The van der Waals surface area contributed by atoms with Gasteiger partial charge in [0.25, 0.3) is 0 Å². The average molecular weight is 333 g/mol. The topological polar surface area (TPSA) is 84.7 Å². The molecule has 0 unspecified atom stereocenters. The number of nitrogens with zero attached hydrogens (tertiary/aromatic N) is 1. The first-order chi connectivity index (χ1) is 11.4. The van der Waals surface area contributed by atoms with Crippen molar-refractivity contribution in [2.24, 2.45) is 11.7 Å². The van der Waals surface area contributed by atoms with Crippen LogP contribution in [0.3, 0.4) is 0 Å². The molecule has 3 amide bonds. The highest BCUT2D eigenvalue weighted by molar-refractivity contribution is 5.86. The molecule has 132 valence electrons. The molecular formula is C18H27N3O3. The Bertz CT molecular complexity index is 581. The van der Waals surface area contributed by atoms with E-state index >= 15 is 0 Å². The molecule has 1 aromatic carbocycles. The van der Waals surface area contributed by atoms with Gasteiger partial charge in [-0.25, -0.2) is 4.79 Å². The highest BCUT2D eigenvalue weighted by Gasteiger charge is 2.31. The minimum atomic E-state index is -0.667. The van der Waals surface area contributed by atoms with E-state index in [9.17, 15) is 9.59 Å². The highest BCUT2D eigenvalue weighted by atomic mass is 16.5. The summed E-state index contributed by atoms with van der Waals surface area (Å²) in [6, 6.07) is 6.74. The SMILES string of the molecule is Cc1cccc(OC2CCN(C(=O)[C@H](NC(N)=O)C(C)C)CC2)c1. The lowest BCUT2D eigenvalue weighted by molar-refractivity contribution is -0.136. The summed E-state index contributed by atoms with van der Waals surface area (Å²) in [6.07, 6.45) is 1.67. The van der Waals surface area contributed by atoms with Crippen molar-refractivity contribution in [2.45, 2.75) is 45.8 Å². The van der Waals surface area contributed by atoms with Crippen LogP contribution in [-0.4, -0.2) is 42.1 Å². The molecule has 0 saturated carbocycles. The fourth-order valence-corrected chi connectivity index (χ4v) is 2.94. The Morgan fingerprint density at radius 3 is 2.50 bits per heavy atom. The van der Waals surface area contributed by atoms with Crippen molar-refractivity contribution in [2.75, 3.05) is 13.1 Å². The second kappa shape index (κ2) is 8.04. The number of piperidine rings is 1. The van der Waals surface area contributed by atoms with Crippen molar-refractivity contribution in [3.63, 3.8) is 0 Å². The van der Waals surface area contributed by atoms with Gasteiger partial charge in [0.05, 0.1) is 0 Å². The molecule has 0 aromatic heterocycles. The van der Waals surface area contributed by atoms with Crippen molar-refractivity contribution in [1.82, 2.24) is 10.2 Å². The normalized spacial score (nSPS) is 16.8. The smallest absolute Gasteiger partial charge is 0.312 e. The predicted octanol–water partition coefficient (Wildman–Crippen LogP) is 2.06. The number of ether oxygens (including phenoxy) is 1. The van der Waals surface area contributed by atoms with Crippen LogP contribution in [0.15, 0.2) is 24.3 Å². The minimum Gasteiger partial charge on any atom is -0.490 e. The third kappa shape index (κ3) is 4.88. The van der Waals surface area contributed by atoms with Crippen molar-refractivity contribution in [3.05, 3.63) is 29.8 Å². The lowest BCUT2D eigenvalue weighted by Gasteiger charge is -2.35. The van der Waals surface area contributed by atoms with Gasteiger partial charge in [0.2, 0.25) is 5.91 Å². The summed E-state index contributed by atoms with van der Waals surface area (Å²) in [6.45, 7) is 7.07. The van der Waals surface area contributed by atoms with Crippen LogP contribution in [0.25, 0.3) is 0 Å². The molecule has 1 aliphatic heterocycles. The van der Waals surface area contributed by atoms with Crippen LogP contribution in [0.5, 0.6) is 5.75 Å². The quantitative estimate of drug-likeness (QED) is 0.865. The first kappa shape index (κ1) is 18.1. The summed E-state index contributed by atoms with van der Waals surface area (Å²) in [4.78, 5) is 25.5. The average Bonchev–Trinajstić information content (AvgIpc) is 2.52. The summed E-state index contributed by atoms with van der Waals surface area (Å²) in [7, 11) is 0. The fraction of sp³-hybridized carbons (Fsp3) is 0.556. The molecule has 1 atom stereocenters. The van der Waals surface area contributed by atoms with Crippen molar-refractivity contribution < 1.29 is 14.3 Å². The summed E-state index contributed by atoms with van der Waals surface area (Å²) in [5.41, 5.74) is 6.34. The standard InChI is InChI=1S/C18H27N3O3/c1-12(2)16(20-18(19)23)17(22)21-9-7-14(8-10-21)24-15-6-4-5-13(3)11-15/h4-6,11-12,14,16H,7-10H2,1-3H3,(H3,19,20,23)/t16-/m1/s1. The lowest BCUT2D eigenvalue weighted by Crippen LogP contribution is -2.54. The van der Waals surface area contributed by atoms with Gasteiger partial charge < -0.3 is 20.7 Å². The van der Waals surface area contributed by atoms with Crippen molar-refractivity contribution >= 4 is 11.9 Å². The number of likely N-dealkylation sites (tertiary alicyclic amines) is 1. The Morgan fingerprint density at radius 2 is 1.96 bits per heavy atom. The second-order valence-electron chi connectivity index (χ2n) is 6.69. The van der Waals surface area contributed by atoms with Gasteiger partial charge in [0.1, 0.15) is 17.9 Å². The number of amides is 3. The number of urea groups is 1. The summed E-state index contributed by atoms with van der Waals surface area (Å²) >= 11 is 0. The van der Waals surface area contributed by atoms with Crippen molar-refractivity contribution in [1.29, 1.82) is 0 Å². The molecule has 6 nitrogen and oxygen atoms in total. The van der Waals surface area contributed by atoms with Gasteiger partial charge >= 0.3 is 6.03 Å². The molecule has 3 N–H and O–H groups in total. The molecule has 1 heterocycles. The Hall–Kier alpha value is -2.24. The Morgan fingerprint density at radius 1 is 1.29 bits per heavy atom. The number of aryl methyl sites for hydroxylation is 1. The summed E-state index contributed by atoms with van der Waals surface area (Å²) < 4.78 is 6.01. The molecule has 0 spiro atoms. The van der Waals surface area contributed by atoms with Crippen LogP contribution in [0.1, 0.15) is 32.3 Å². The van der Waals surface area contributed by atoms with E-state index in [0.29, 0.717) is 13.1 Å². The van der Waals surface area contributed by atoms with E-state index < -0.39 is 12.1 Å². The zero-order chi connectivity index (χ0) is 17.7. The number of nitrogens with two attached hydrogens (primary N) is 1. The van der Waals surface area contributed by atoms with Gasteiger partial charge in [-0.1, -0.05) is 26.0 Å². The molecule has 24 heavy (non-hydrogen) atoms. The number of primary amides is 1. The van der Waals surface area contributed by atoms with Gasteiger partial charge in [0.15, 0.2) is 0 Å². The van der Waals surface area contributed by atoms with E-state index in [1.165, 1.54) is 0 Å². The van der Waals surface area contributed by atoms with Gasteiger partial charge in [-0.15, -0.1) is 0 Å². The summed E-state index contributed by atoms with van der Waals surface area (Å²) in [5, 5.41) is 2.55. The number of hydrogen-bond donors (Lipinski definition) is 2. The molecule has 2 rings (SSSR count). The largest absolute Gasteiger partial charge is 0.490 e. The van der Waals surface area contributed by atoms with E-state index in [-0.39, 0.29) is 17.9 Å². The van der Waals surface area contributed by atoms with Crippen LogP contribution in [0.2, 0.25) is 0 Å². The van der Waals surface area contributed by atoms with E-state index in [1.54, 1.807) is 4.90 Å². The molecule has 0 radical (unpaired) electrons. The number of nitrogens with one attached hydrogen (secondary N) is 1. The summed E-state index contributed by atoms with van der Waals surface area (Å²) in [5.74, 6) is 0.791. The van der Waals surface area contributed by atoms with Gasteiger partial charge in [-0.3, -0.25) is 4.79 Å². The number of carbonyl (C=O) groups is 2. The molecule has 6 heteroatoms. The van der Waals surface area contributed by atoms with Gasteiger partial charge in [0, 0.05) is 25.9 Å². The molecular weight excluding hydrogens is 306 g/mol. The predicted molar refractivity (Wildman–Crippen MR) is 92.8 cm³/mol. The zero-order valence-electron chi connectivity index (χ0n) is 14.6. The number of benzene rings is 1. The van der Waals surface area contributed by atoms with Gasteiger partial charge in [-0.2, -0.15) is 0 Å². The Labute approximate surface area is 143 Å². The number of hydrogen-bond acceptors (Lipinski definition) is 3. The second-order valence-corrected chi connectivity index (χ2v) is 6.69. The van der Waals surface area contributed by atoms with Crippen LogP contribution < -0.4 is 15.8 Å². The van der Waals surface area contributed by atoms with Gasteiger partial charge in [-0.05, 0) is 30.5 Å². The van der Waals surface area contributed by atoms with Crippen LogP contribution >= 0.6 is 0 Å². The zero-order valence-corrected chi connectivity index (χ0v) is 14.6. The van der Waals surface area contributed by atoms with E-state index in [2.05, 4.69) is 5.32 Å². The molecule has 0 bridgehead atoms. The van der Waals surface area contributed by atoms with Crippen molar-refractivity contribution in [3.8, 4) is 5.75 Å². The van der Waals surface area contributed by atoms with E-state index in [0.717, 1.165) is 24.2 Å². The first-order valence-electron chi connectivity index (χ1n) is 8.45. The maximum absolute atomic E-state index is 12.6. The monoisotopic (exact) mass is 333 g/mol. The molecule has 1 saturated heterocycles. The molecule has 1 aromatic rings. The maximum atomic E-state index is 12.6. The van der Waals surface area contributed by atoms with Crippen LogP contribution in [0, 0.1) is 12.8 Å². The lowest BCUT2D eigenvalue weighted by atomic mass is 10.0. The molecule has 0 aliphatic carbocycles.